The fraction of sp³-hybridized carbons (Fsp3) is 0.533. The van der Waals surface area contributed by atoms with E-state index in [1.54, 1.807) is 0 Å². The van der Waals surface area contributed by atoms with Crippen LogP contribution in [-0.4, -0.2) is 35.1 Å². The van der Waals surface area contributed by atoms with E-state index in [0.717, 1.165) is 17.5 Å². The third-order valence-electron chi connectivity index (χ3n) is 3.07. The van der Waals surface area contributed by atoms with Crippen LogP contribution in [0.15, 0.2) is 24.3 Å². The summed E-state index contributed by atoms with van der Waals surface area (Å²) < 4.78 is 0. The molecule has 1 aromatic rings. The Hall–Kier alpha value is -1.35. The van der Waals surface area contributed by atoms with Crippen LogP contribution in [0.25, 0.3) is 0 Å². The van der Waals surface area contributed by atoms with Crippen LogP contribution in [0.1, 0.15) is 43.1 Å². The molecule has 0 radical (unpaired) electrons. The van der Waals surface area contributed by atoms with Gasteiger partial charge in [-0.2, -0.15) is 0 Å². The third-order valence-corrected chi connectivity index (χ3v) is 3.07. The van der Waals surface area contributed by atoms with Crippen molar-refractivity contribution in [3.63, 3.8) is 0 Å². The number of amides is 1. The topological polar surface area (TPSA) is 40.5 Å². The molecule has 0 heterocycles. The highest BCUT2D eigenvalue weighted by atomic mass is 16.3. The predicted octanol–water partition coefficient (Wildman–Crippen LogP) is 2.48. The normalized spacial score (nSPS) is 10.7. The summed E-state index contributed by atoms with van der Waals surface area (Å²) in [5, 5.41) is 8.91. The molecular formula is C15H23NO2. The molecule has 0 atom stereocenters. The molecule has 0 unspecified atom stereocenters. The smallest absolute Gasteiger partial charge is 0.254 e. The molecule has 0 spiro atoms. The second-order valence-corrected chi connectivity index (χ2v) is 4.68. The van der Waals surface area contributed by atoms with Crippen LogP contribution < -0.4 is 0 Å². The largest absolute Gasteiger partial charge is 0.396 e. The summed E-state index contributed by atoms with van der Waals surface area (Å²) in [5.41, 5.74) is 1.86. The lowest BCUT2D eigenvalue weighted by molar-refractivity contribution is 0.0692. The molecule has 0 aliphatic rings. The molecule has 18 heavy (non-hydrogen) atoms. The van der Waals surface area contributed by atoms with Gasteiger partial charge in [-0.1, -0.05) is 25.1 Å². The minimum atomic E-state index is 0.0656. The number of hydrogen-bond donors (Lipinski definition) is 1. The van der Waals surface area contributed by atoms with Gasteiger partial charge in [0.1, 0.15) is 0 Å². The predicted molar refractivity (Wildman–Crippen MR) is 73.7 cm³/mol. The lowest BCUT2D eigenvalue weighted by Gasteiger charge is -2.27. The zero-order chi connectivity index (χ0) is 13.5. The SMILES string of the molecule is CCc1ccccc1C(=O)N(CCCO)C(C)C. The van der Waals surface area contributed by atoms with E-state index >= 15 is 0 Å². The molecule has 1 aromatic carbocycles. The van der Waals surface area contributed by atoms with Crippen molar-refractivity contribution in [2.45, 2.75) is 39.7 Å². The summed E-state index contributed by atoms with van der Waals surface area (Å²) >= 11 is 0. The van der Waals surface area contributed by atoms with Gasteiger partial charge in [-0.3, -0.25) is 4.79 Å². The zero-order valence-electron chi connectivity index (χ0n) is 11.5. The number of hydrogen-bond acceptors (Lipinski definition) is 2. The maximum Gasteiger partial charge on any atom is 0.254 e. The first-order valence-electron chi connectivity index (χ1n) is 6.61. The van der Waals surface area contributed by atoms with Crippen LogP contribution in [0.4, 0.5) is 0 Å². The lowest BCUT2D eigenvalue weighted by Crippen LogP contribution is -2.38. The number of nitrogens with zero attached hydrogens (tertiary/aromatic N) is 1. The molecule has 0 bridgehead atoms. The highest BCUT2D eigenvalue weighted by Gasteiger charge is 2.19. The Kier molecular flexibility index (Phi) is 5.86. The van der Waals surface area contributed by atoms with Crippen molar-refractivity contribution in [3.8, 4) is 0 Å². The van der Waals surface area contributed by atoms with Gasteiger partial charge < -0.3 is 10.0 Å². The summed E-state index contributed by atoms with van der Waals surface area (Å²) in [6, 6.07) is 7.89. The number of aryl methyl sites for hydroxylation is 1. The average Bonchev–Trinajstić information content (AvgIpc) is 2.38. The van der Waals surface area contributed by atoms with Crippen LogP contribution in [0.3, 0.4) is 0 Å². The quantitative estimate of drug-likeness (QED) is 0.841. The van der Waals surface area contributed by atoms with E-state index in [-0.39, 0.29) is 18.6 Å². The van der Waals surface area contributed by atoms with Crippen LogP contribution in [-0.2, 0) is 6.42 Å². The minimum absolute atomic E-state index is 0.0656. The fourth-order valence-electron chi connectivity index (χ4n) is 2.03. The van der Waals surface area contributed by atoms with Crippen molar-refractivity contribution in [1.82, 2.24) is 4.90 Å². The molecule has 0 saturated heterocycles. The molecule has 3 nitrogen and oxygen atoms in total. The van der Waals surface area contributed by atoms with E-state index in [2.05, 4.69) is 6.92 Å². The van der Waals surface area contributed by atoms with E-state index in [9.17, 15) is 4.79 Å². The monoisotopic (exact) mass is 249 g/mol. The van der Waals surface area contributed by atoms with Crippen LogP contribution >= 0.6 is 0 Å². The Morgan fingerprint density at radius 3 is 2.56 bits per heavy atom. The van der Waals surface area contributed by atoms with E-state index in [4.69, 9.17) is 5.11 Å². The summed E-state index contributed by atoms with van der Waals surface area (Å²) in [5.74, 6) is 0.0656. The van der Waals surface area contributed by atoms with Gasteiger partial charge in [-0.25, -0.2) is 0 Å². The lowest BCUT2D eigenvalue weighted by atomic mass is 10.0. The van der Waals surface area contributed by atoms with Crippen molar-refractivity contribution in [2.24, 2.45) is 0 Å². The molecule has 1 N–H and O–H groups in total. The molecule has 0 saturated carbocycles. The van der Waals surface area contributed by atoms with Crippen molar-refractivity contribution in [3.05, 3.63) is 35.4 Å². The molecule has 0 aliphatic heterocycles. The van der Waals surface area contributed by atoms with Gasteiger partial charge in [0.05, 0.1) is 0 Å². The highest BCUT2D eigenvalue weighted by molar-refractivity contribution is 5.95. The number of carbonyl (C=O) groups is 1. The highest BCUT2D eigenvalue weighted by Crippen LogP contribution is 2.14. The maximum atomic E-state index is 12.5. The average molecular weight is 249 g/mol. The second kappa shape index (κ2) is 7.17. The molecule has 0 aromatic heterocycles. The number of carbonyl (C=O) groups excluding carboxylic acids is 1. The molecule has 0 aliphatic carbocycles. The van der Waals surface area contributed by atoms with Crippen LogP contribution in [0.2, 0.25) is 0 Å². The first kappa shape index (κ1) is 14.7. The molecule has 3 heteroatoms. The fourth-order valence-corrected chi connectivity index (χ4v) is 2.03. The summed E-state index contributed by atoms with van der Waals surface area (Å²) in [7, 11) is 0. The number of benzene rings is 1. The van der Waals surface area contributed by atoms with Crippen molar-refractivity contribution in [2.75, 3.05) is 13.2 Å². The molecule has 100 valence electrons. The first-order valence-corrected chi connectivity index (χ1v) is 6.61. The Balaban J connectivity index is 2.94. The van der Waals surface area contributed by atoms with Crippen molar-refractivity contribution in [1.29, 1.82) is 0 Å². The first-order chi connectivity index (χ1) is 8.61. The Bertz CT molecular complexity index is 388. The van der Waals surface area contributed by atoms with Crippen LogP contribution in [0, 0.1) is 0 Å². The Labute approximate surface area is 109 Å². The van der Waals surface area contributed by atoms with E-state index < -0.39 is 0 Å². The Morgan fingerprint density at radius 1 is 1.33 bits per heavy atom. The Morgan fingerprint density at radius 2 is 2.00 bits per heavy atom. The van der Waals surface area contributed by atoms with Gasteiger partial charge in [-0.15, -0.1) is 0 Å². The number of aliphatic hydroxyl groups excluding tert-OH is 1. The zero-order valence-corrected chi connectivity index (χ0v) is 11.5. The molecule has 0 fully saturated rings. The molecule has 1 amide bonds. The van der Waals surface area contributed by atoms with Gasteiger partial charge in [0.25, 0.3) is 5.91 Å². The van der Waals surface area contributed by atoms with Gasteiger partial charge >= 0.3 is 0 Å². The summed E-state index contributed by atoms with van der Waals surface area (Å²) in [6.07, 6.45) is 1.48. The van der Waals surface area contributed by atoms with E-state index in [1.807, 2.05) is 43.0 Å². The van der Waals surface area contributed by atoms with Crippen LogP contribution in [0.5, 0.6) is 0 Å². The van der Waals surface area contributed by atoms with Gasteiger partial charge in [0, 0.05) is 24.8 Å². The summed E-state index contributed by atoms with van der Waals surface area (Å²) in [4.78, 5) is 14.3. The van der Waals surface area contributed by atoms with Gasteiger partial charge in [0.15, 0.2) is 0 Å². The second-order valence-electron chi connectivity index (χ2n) is 4.68. The number of aliphatic hydroxyl groups is 1. The molecular weight excluding hydrogens is 226 g/mol. The standard InChI is InChI=1S/C15H23NO2/c1-4-13-8-5-6-9-14(13)15(18)16(12(2)3)10-7-11-17/h5-6,8-9,12,17H,4,7,10-11H2,1-3H3. The molecule has 1 rings (SSSR count). The minimum Gasteiger partial charge on any atom is -0.396 e. The van der Waals surface area contributed by atoms with Gasteiger partial charge in [-0.05, 0) is 38.3 Å². The summed E-state index contributed by atoms with van der Waals surface area (Å²) in [6.45, 7) is 6.78. The van der Waals surface area contributed by atoms with Gasteiger partial charge in [0.2, 0.25) is 0 Å². The van der Waals surface area contributed by atoms with Crippen molar-refractivity contribution < 1.29 is 9.90 Å². The van der Waals surface area contributed by atoms with E-state index in [1.165, 1.54) is 0 Å². The van der Waals surface area contributed by atoms with Crippen molar-refractivity contribution >= 4 is 5.91 Å². The number of rotatable bonds is 6. The van der Waals surface area contributed by atoms with E-state index in [0.29, 0.717) is 13.0 Å². The maximum absolute atomic E-state index is 12.5. The third kappa shape index (κ3) is 3.57.